The molecule has 0 heterocycles. The summed E-state index contributed by atoms with van der Waals surface area (Å²) in [7, 11) is 0. The third-order valence-electron chi connectivity index (χ3n) is 4.27. The minimum absolute atomic E-state index is 0.639. The highest BCUT2D eigenvalue weighted by Gasteiger charge is 2.26. The van der Waals surface area contributed by atoms with Crippen LogP contribution in [0, 0.1) is 11.8 Å². The smallest absolute Gasteiger partial charge is 0.0410 e. The Bertz CT molecular complexity index is 407. The first-order chi connectivity index (χ1) is 8.58. The predicted molar refractivity (Wildman–Crippen MR) is 82.0 cm³/mol. The summed E-state index contributed by atoms with van der Waals surface area (Å²) in [5, 5.41) is 4.50. The molecule has 1 aliphatic carbocycles. The van der Waals surface area contributed by atoms with Gasteiger partial charge in [0, 0.05) is 22.1 Å². The lowest BCUT2D eigenvalue weighted by atomic mass is 9.78. The van der Waals surface area contributed by atoms with Gasteiger partial charge < -0.3 is 5.32 Å². The number of rotatable bonds is 3. The van der Waals surface area contributed by atoms with E-state index >= 15 is 0 Å². The van der Waals surface area contributed by atoms with Crippen molar-refractivity contribution in [1.29, 1.82) is 0 Å². The fourth-order valence-electron chi connectivity index (χ4n) is 2.79. The fraction of sp³-hybridized carbons (Fsp3) is 0.600. The van der Waals surface area contributed by atoms with E-state index in [0.717, 1.165) is 27.9 Å². The summed E-state index contributed by atoms with van der Waals surface area (Å²) in [4.78, 5) is 0. The van der Waals surface area contributed by atoms with Crippen LogP contribution in [0.1, 0.15) is 38.7 Å². The second kappa shape index (κ2) is 6.40. The maximum Gasteiger partial charge on any atom is 0.0410 e. The standard InChI is InChI=1S/C15H21BrClN/c1-10-4-3-5-15(11(10)2)18-9-12-8-13(17)6-7-14(12)16/h6-8,10-11,15,18H,3-5,9H2,1-2H3. The molecular formula is C15H21BrClN. The maximum absolute atomic E-state index is 6.04. The molecule has 0 saturated heterocycles. The Balaban J connectivity index is 1.96. The molecule has 2 rings (SSSR count). The van der Waals surface area contributed by atoms with Crippen LogP contribution < -0.4 is 5.32 Å². The minimum atomic E-state index is 0.639. The molecule has 1 N–H and O–H groups in total. The predicted octanol–water partition coefficient (Wildman–Crippen LogP) is 5.02. The summed E-state index contributed by atoms with van der Waals surface area (Å²) < 4.78 is 1.14. The average molecular weight is 331 g/mol. The van der Waals surface area contributed by atoms with Crippen molar-refractivity contribution in [3.63, 3.8) is 0 Å². The summed E-state index contributed by atoms with van der Waals surface area (Å²) in [6.45, 7) is 5.63. The second-order valence-electron chi connectivity index (χ2n) is 5.49. The van der Waals surface area contributed by atoms with E-state index in [1.54, 1.807) is 0 Å². The van der Waals surface area contributed by atoms with Gasteiger partial charge in [-0.3, -0.25) is 0 Å². The van der Waals surface area contributed by atoms with Crippen molar-refractivity contribution in [3.8, 4) is 0 Å². The molecule has 0 radical (unpaired) electrons. The third-order valence-corrected chi connectivity index (χ3v) is 5.28. The summed E-state index contributed by atoms with van der Waals surface area (Å²) in [5.74, 6) is 1.59. The van der Waals surface area contributed by atoms with Crippen LogP contribution in [0.3, 0.4) is 0 Å². The van der Waals surface area contributed by atoms with Crippen LogP contribution in [-0.4, -0.2) is 6.04 Å². The van der Waals surface area contributed by atoms with Crippen molar-refractivity contribution >= 4 is 27.5 Å². The highest BCUT2D eigenvalue weighted by molar-refractivity contribution is 9.10. The molecule has 1 aromatic rings. The molecule has 0 aliphatic heterocycles. The van der Waals surface area contributed by atoms with Gasteiger partial charge in [-0.05, 0) is 42.0 Å². The van der Waals surface area contributed by atoms with Gasteiger partial charge in [0.25, 0.3) is 0 Å². The van der Waals surface area contributed by atoms with Crippen molar-refractivity contribution < 1.29 is 0 Å². The zero-order valence-corrected chi connectivity index (χ0v) is 13.4. The largest absolute Gasteiger partial charge is 0.310 e. The lowest BCUT2D eigenvalue weighted by molar-refractivity contribution is 0.206. The van der Waals surface area contributed by atoms with E-state index in [1.165, 1.54) is 24.8 Å². The summed E-state index contributed by atoms with van der Waals surface area (Å²) in [6.07, 6.45) is 4.02. The van der Waals surface area contributed by atoms with E-state index in [1.807, 2.05) is 18.2 Å². The molecule has 18 heavy (non-hydrogen) atoms. The van der Waals surface area contributed by atoms with Gasteiger partial charge >= 0.3 is 0 Å². The molecule has 0 bridgehead atoms. The number of hydrogen-bond donors (Lipinski definition) is 1. The molecule has 1 aliphatic rings. The Kier molecular flexibility index (Phi) is 5.11. The first-order valence-corrected chi connectivity index (χ1v) is 7.92. The van der Waals surface area contributed by atoms with Crippen molar-refractivity contribution in [2.75, 3.05) is 0 Å². The van der Waals surface area contributed by atoms with Crippen molar-refractivity contribution in [1.82, 2.24) is 5.32 Å². The Labute approximate surface area is 123 Å². The topological polar surface area (TPSA) is 12.0 Å². The van der Waals surface area contributed by atoms with Gasteiger partial charge in [0.1, 0.15) is 0 Å². The highest BCUT2D eigenvalue weighted by Crippen LogP contribution is 2.30. The first kappa shape index (κ1) is 14.4. The van der Waals surface area contributed by atoms with Gasteiger partial charge in [-0.25, -0.2) is 0 Å². The van der Waals surface area contributed by atoms with Crippen LogP contribution in [0.2, 0.25) is 5.02 Å². The second-order valence-corrected chi connectivity index (χ2v) is 6.78. The first-order valence-electron chi connectivity index (χ1n) is 6.75. The Morgan fingerprint density at radius 2 is 2.11 bits per heavy atom. The lowest BCUT2D eigenvalue weighted by Crippen LogP contribution is -2.40. The molecule has 0 spiro atoms. The SMILES string of the molecule is CC1CCCC(NCc2cc(Cl)ccc2Br)C1C. The van der Waals surface area contributed by atoms with Gasteiger partial charge in [-0.1, -0.05) is 54.2 Å². The van der Waals surface area contributed by atoms with Gasteiger partial charge in [0.2, 0.25) is 0 Å². The van der Waals surface area contributed by atoms with Crippen molar-refractivity contribution in [3.05, 3.63) is 33.3 Å². The van der Waals surface area contributed by atoms with Gasteiger partial charge in [0.05, 0.1) is 0 Å². The van der Waals surface area contributed by atoms with Crippen LogP contribution in [0.5, 0.6) is 0 Å². The number of benzene rings is 1. The van der Waals surface area contributed by atoms with Crippen LogP contribution in [0.15, 0.2) is 22.7 Å². The van der Waals surface area contributed by atoms with E-state index < -0.39 is 0 Å². The Morgan fingerprint density at radius 1 is 1.33 bits per heavy atom. The molecule has 1 nitrogen and oxygen atoms in total. The molecule has 3 atom stereocenters. The monoisotopic (exact) mass is 329 g/mol. The van der Waals surface area contributed by atoms with E-state index in [4.69, 9.17) is 11.6 Å². The molecule has 3 heteroatoms. The van der Waals surface area contributed by atoms with E-state index in [-0.39, 0.29) is 0 Å². The molecule has 0 amide bonds. The third kappa shape index (κ3) is 3.49. The van der Waals surface area contributed by atoms with Gasteiger partial charge in [0.15, 0.2) is 0 Å². The Morgan fingerprint density at radius 3 is 2.89 bits per heavy atom. The zero-order valence-electron chi connectivity index (χ0n) is 11.0. The average Bonchev–Trinajstić information content (AvgIpc) is 2.35. The minimum Gasteiger partial charge on any atom is -0.310 e. The maximum atomic E-state index is 6.04. The van der Waals surface area contributed by atoms with E-state index in [9.17, 15) is 0 Å². The normalized spacial score (nSPS) is 28.3. The Hall–Kier alpha value is -0.0500. The summed E-state index contributed by atoms with van der Waals surface area (Å²) >= 11 is 9.63. The number of hydrogen-bond acceptors (Lipinski definition) is 1. The highest BCUT2D eigenvalue weighted by atomic mass is 79.9. The van der Waals surface area contributed by atoms with Crippen molar-refractivity contribution in [2.45, 2.75) is 45.7 Å². The van der Waals surface area contributed by atoms with E-state index in [2.05, 4.69) is 35.1 Å². The number of nitrogens with one attached hydrogen (secondary N) is 1. The van der Waals surface area contributed by atoms with Crippen LogP contribution >= 0.6 is 27.5 Å². The molecular weight excluding hydrogens is 310 g/mol. The summed E-state index contributed by atoms with van der Waals surface area (Å²) in [6, 6.07) is 6.61. The van der Waals surface area contributed by atoms with Gasteiger partial charge in [-0.2, -0.15) is 0 Å². The van der Waals surface area contributed by atoms with Gasteiger partial charge in [-0.15, -0.1) is 0 Å². The quantitative estimate of drug-likeness (QED) is 0.821. The van der Waals surface area contributed by atoms with Crippen LogP contribution in [0.4, 0.5) is 0 Å². The van der Waals surface area contributed by atoms with Crippen LogP contribution in [-0.2, 0) is 6.54 Å². The summed E-state index contributed by atoms with van der Waals surface area (Å²) in [5.41, 5.74) is 1.24. The molecule has 100 valence electrons. The molecule has 1 fully saturated rings. The van der Waals surface area contributed by atoms with E-state index in [0.29, 0.717) is 6.04 Å². The number of halogens is 2. The zero-order chi connectivity index (χ0) is 13.1. The molecule has 1 aromatic carbocycles. The van der Waals surface area contributed by atoms with Crippen LogP contribution in [0.25, 0.3) is 0 Å². The molecule has 1 saturated carbocycles. The molecule has 3 unspecified atom stereocenters. The van der Waals surface area contributed by atoms with Crippen molar-refractivity contribution in [2.24, 2.45) is 11.8 Å². The fourth-order valence-corrected chi connectivity index (χ4v) is 3.37. The molecule has 0 aromatic heterocycles. The lowest BCUT2D eigenvalue weighted by Gasteiger charge is -2.35.